The summed E-state index contributed by atoms with van der Waals surface area (Å²) in [5.74, 6) is 0.346. The molecule has 25 heavy (non-hydrogen) atoms. The van der Waals surface area contributed by atoms with Gasteiger partial charge in [-0.1, -0.05) is 6.07 Å². The van der Waals surface area contributed by atoms with Gasteiger partial charge in [-0.3, -0.25) is 0 Å². The maximum atomic E-state index is 14.4. The maximum Gasteiger partial charge on any atom is 0.317 e. The summed E-state index contributed by atoms with van der Waals surface area (Å²) in [4.78, 5) is 15.9. The number of aliphatic hydroxyl groups is 1. The van der Waals surface area contributed by atoms with Crippen molar-refractivity contribution in [3.63, 3.8) is 0 Å². The first-order valence-electron chi connectivity index (χ1n) is 9.18. The molecule has 0 bridgehead atoms. The Labute approximate surface area is 148 Å². The molecule has 1 saturated carbocycles. The summed E-state index contributed by atoms with van der Waals surface area (Å²) in [6.07, 6.45) is 3.45. The summed E-state index contributed by atoms with van der Waals surface area (Å²) >= 11 is 0. The Bertz CT molecular complexity index is 613. The molecule has 0 radical (unpaired) electrons. The zero-order valence-corrected chi connectivity index (χ0v) is 15.0. The lowest BCUT2D eigenvalue weighted by atomic mass is 10.1. The number of hydrogen-bond donors (Lipinski definition) is 2. The molecule has 2 aliphatic rings. The van der Waals surface area contributed by atoms with Crippen molar-refractivity contribution < 1.29 is 14.3 Å². The van der Waals surface area contributed by atoms with Gasteiger partial charge in [-0.15, -0.1) is 0 Å². The first-order chi connectivity index (χ1) is 12.0. The van der Waals surface area contributed by atoms with Crippen LogP contribution in [0.2, 0.25) is 0 Å². The van der Waals surface area contributed by atoms with Crippen molar-refractivity contribution in [3.05, 3.63) is 29.6 Å². The third-order valence-corrected chi connectivity index (χ3v) is 5.50. The molecular weight excluding hydrogens is 321 g/mol. The van der Waals surface area contributed by atoms with Crippen LogP contribution >= 0.6 is 0 Å². The molecule has 5 nitrogen and oxygen atoms in total. The average molecular weight is 349 g/mol. The van der Waals surface area contributed by atoms with Crippen LogP contribution in [0.25, 0.3) is 0 Å². The summed E-state index contributed by atoms with van der Waals surface area (Å²) in [6, 6.07) is 5.24. The van der Waals surface area contributed by atoms with Gasteiger partial charge in [0.25, 0.3) is 0 Å². The summed E-state index contributed by atoms with van der Waals surface area (Å²) in [5, 5.41) is 12.4. The maximum absolute atomic E-state index is 14.4. The van der Waals surface area contributed by atoms with E-state index in [1.165, 1.54) is 18.9 Å². The molecule has 1 aromatic rings. The lowest BCUT2D eigenvalue weighted by Crippen LogP contribution is -2.43. The molecular formula is C19H28FN3O2. The van der Waals surface area contributed by atoms with Crippen LogP contribution in [-0.4, -0.2) is 48.3 Å². The second-order valence-electron chi connectivity index (χ2n) is 7.35. The Morgan fingerprint density at radius 3 is 2.64 bits per heavy atom. The number of hydrogen-bond acceptors (Lipinski definition) is 3. The zero-order valence-electron chi connectivity index (χ0n) is 15.0. The molecule has 2 fully saturated rings. The van der Waals surface area contributed by atoms with E-state index < -0.39 is 0 Å². The van der Waals surface area contributed by atoms with Crippen molar-refractivity contribution in [1.29, 1.82) is 0 Å². The molecule has 0 aromatic heterocycles. The van der Waals surface area contributed by atoms with Gasteiger partial charge in [0.1, 0.15) is 5.82 Å². The summed E-state index contributed by atoms with van der Waals surface area (Å²) in [5.41, 5.74) is 1.32. The minimum absolute atomic E-state index is 0.117. The fraction of sp³-hybridized carbons (Fsp3) is 0.632. The van der Waals surface area contributed by atoms with Crippen molar-refractivity contribution in [2.75, 3.05) is 25.0 Å². The minimum atomic E-state index is -0.275. The van der Waals surface area contributed by atoms with Crippen LogP contribution in [0.1, 0.15) is 38.2 Å². The second-order valence-corrected chi connectivity index (χ2v) is 7.35. The van der Waals surface area contributed by atoms with E-state index >= 15 is 0 Å². The molecule has 1 heterocycles. The molecule has 2 N–H and O–H groups in total. The molecule has 1 aromatic carbocycles. The number of aliphatic hydroxyl groups excluding tert-OH is 1. The molecule has 1 aliphatic carbocycles. The third kappa shape index (κ3) is 4.42. The number of carbonyl (C=O) groups excluding carboxylic acids is 1. The molecule has 1 aliphatic heterocycles. The SMILES string of the molecule is CC(C1CC1)N(C)C(=O)NCc1ccc(N2CCC(O)CC2)c(F)c1. The molecule has 138 valence electrons. The lowest BCUT2D eigenvalue weighted by molar-refractivity contribution is 0.145. The van der Waals surface area contributed by atoms with E-state index in [0.717, 1.165) is 5.56 Å². The van der Waals surface area contributed by atoms with Crippen LogP contribution in [0.5, 0.6) is 0 Å². The highest BCUT2D eigenvalue weighted by atomic mass is 19.1. The van der Waals surface area contributed by atoms with Crippen LogP contribution in [0.15, 0.2) is 18.2 Å². The van der Waals surface area contributed by atoms with Gasteiger partial charge in [-0.2, -0.15) is 0 Å². The van der Waals surface area contributed by atoms with Gasteiger partial charge in [0.2, 0.25) is 0 Å². The van der Waals surface area contributed by atoms with Crippen molar-refractivity contribution >= 4 is 11.7 Å². The molecule has 1 atom stereocenters. The van der Waals surface area contributed by atoms with E-state index in [4.69, 9.17) is 0 Å². The number of nitrogens with zero attached hydrogens (tertiary/aromatic N) is 2. The van der Waals surface area contributed by atoms with Crippen molar-refractivity contribution in [3.8, 4) is 0 Å². The first-order valence-corrected chi connectivity index (χ1v) is 9.18. The van der Waals surface area contributed by atoms with E-state index in [-0.39, 0.29) is 24.0 Å². The topological polar surface area (TPSA) is 55.8 Å². The highest BCUT2D eigenvalue weighted by molar-refractivity contribution is 5.74. The van der Waals surface area contributed by atoms with Gasteiger partial charge >= 0.3 is 6.03 Å². The molecule has 2 amide bonds. The fourth-order valence-electron chi connectivity index (χ4n) is 3.41. The number of carbonyl (C=O) groups is 1. The first kappa shape index (κ1) is 18.0. The van der Waals surface area contributed by atoms with Crippen molar-refractivity contribution in [1.82, 2.24) is 10.2 Å². The highest BCUT2D eigenvalue weighted by Gasteiger charge is 2.32. The highest BCUT2D eigenvalue weighted by Crippen LogP contribution is 2.34. The monoisotopic (exact) mass is 349 g/mol. The number of piperidine rings is 1. The number of anilines is 1. The normalized spacial score (nSPS) is 19.6. The molecule has 0 spiro atoms. The van der Waals surface area contributed by atoms with Crippen molar-refractivity contribution in [2.24, 2.45) is 5.92 Å². The number of halogens is 1. The number of benzene rings is 1. The number of nitrogens with one attached hydrogen (secondary N) is 1. The Morgan fingerprint density at radius 2 is 2.04 bits per heavy atom. The van der Waals surface area contributed by atoms with Crippen LogP contribution in [0.3, 0.4) is 0 Å². The van der Waals surface area contributed by atoms with Gasteiger partial charge in [0, 0.05) is 32.7 Å². The lowest BCUT2D eigenvalue weighted by Gasteiger charge is -2.31. The van der Waals surface area contributed by atoms with Gasteiger partial charge < -0.3 is 20.2 Å². The fourth-order valence-corrected chi connectivity index (χ4v) is 3.41. The minimum Gasteiger partial charge on any atom is -0.393 e. The Kier molecular flexibility index (Phi) is 5.47. The van der Waals surface area contributed by atoms with Crippen LogP contribution in [-0.2, 0) is 6.54 Å². The van der Waals surface area contributed by atoms with E-state index in [1.54, 1.807) is 11.0 Å². The van der Waals surface area contributed by atoms with Crippen molar-refractivity contribution in [2.45, 2.75) is 51.3 Å². The van der Waals surface area contributed by atoms with E-state index in [1.807, 2.05) is 18.0 Å². The zero-order chi connectivity index (χ0) is 18.0. The largest absolute Gasteiger partial charge is 0.393 e. The summed E-state index contributed by atoms with van der Waals surface area (Å²) < 4.78 is 14.4. The van der Waals surface area contributed by atoms with Crippen LogP contribution < -0.4 is 10.2 Å². The molecule has 1 unspecified atom stereocenters. The number of amides is 2. The van der Waals surface area contributed by atoms with Gasteiger partial charge in [0.15, 0.2) is 0 Å². The number of urea groups is 1. The van der Waals surface area contributed by atoms with Crippen LogP contribution in [0.4, 0.5) is 14.9 Å². The van der Waals surface area contributed by atoms with Crippen LogP contribution in [0, 0.1) is 11.7 Å². The quantitative estimate of drug-likeness (QED) is 0.859. The van der Waals surface area contributed by atoms with Gasteiger partial charge in [-0.25, -0.2) is 9.18 Å². The van der Waals surface area contributed by atoms with E-state index in [2.05, 4.69) is 12.2 Å². The van der Waals surface area contributed by atoms with Gasteiger partial charge in [-0.05, 0) is 56.2 Å². The molecule has 1 saturated heterocycles. The number of rotatable bonds is 5. The second kappa shape index (κ2) is 7.60. The molecule has 3 rings (SSSR count). The Hall–Kier alpha value is -1.82. The van der Waals surface area contributed by atoms with E-state index in [0.29, 0.717) is 44.1 Å². The Morgan fingerprint density at radius 1 is 1.36 bits per heavy atom. The van der Waals surface area contributed by atoms with Gasteiger partial charge in [0.05, 0.1) is 11.8 Å². The molecule has 6 heteroatoms. The summed E-state index contributed by atoms with van der Waals surface area (Å²) in [6.45, 7) is 3.72. The summed E-state index contributed by atoms with van der Waals surface area (Å²) in [7, 11) is 1.81. The predicted molar refractivity (Wildman–Crippen MR) is 96.0 cm³/mol. The Balaban J connectivity index is 1.54. The standard InChI is InChI=1S/C19H28FN3O2/c1-13(15-4-5-15)22(2)19(25)21-12-14-3-6-18(17(20)11-14)23-9-7-16(24)8-10-23/h3,6,11,13,15-16,24H,4-5,7-10,12H2,1-2H3,(H,21,25). The average Bonchev–Trinajstić information content (AvgIpc) is 3.44. The predicted octanol–water partition coefficient (Wildman–Crippen LogP) is 2.73. The van der Waals surface area contributed by atoms with E-state index in [9.17, 15) is 14.3 Å². The third-order valence-electron chi connectivity index (χ3n) is 5.50. The smallest absolute Gasteiger partial charge is 0.317 e.